The van der Waals surface area contributed by atoms with Gasteiger partial charge >= 0.3 is 0 Å². The monoisotopic (exact) mass is 606 g/mol. The highest BCUT2D eigenvalue weighted by atomic mass is 16.7. The summed E-state index contributed by atoms with van der Waals surface area (Å²) in [6.07, 6.45) is 5.86. The highest BCUT2D eigenvalue weighted by Gasteiger charge is 2.63. The number of rotatable bonds is 8. The molecule has 0 aromatic carbocycles. The van der Waals surface area contributed by atoms with Crippen LogP contribution in [-0.4, -0.2) is 74.6 Å². The molecule has 0 bridgehead atoms. The maximum Gasteiger partial charge on any atom is 0.186 e. The van der Waals surface area contributed by atoms with E-state index in [1.807, 2.05) is 13.8 Å². The molecule has 7 nitrogen and oxygen atoms in total. The van der Waals surface area contributed by atoms with Gasteiger partial charge in [0.25, 0.3) is 0 Å². The minimum absolute atomic E-state index is 0.104. The van der Waals surface area contributed by atoms with Crippen molar-refractivity contribution in [2.75, 3.05) is 6.61 Å². The summed E-state index contributed by atoms with van der Waals surface area (Å²) in [6, 6.07) is 0. The van der Waals surface area contributed by atoms with Crippen molar-refractivity contribution in [1.29, 1.82) is 0 Å². The fourth-order valence-corrected chi connectivity index (χ4v) is 11.3. The number of ether oxygens (including phenoxy) is 2. The average Bonchev–Trinajstić information content (AvgIpc) is 3.20. The summed E-state index contributed by atoms with van der Waals surface area (Å²) in [5, 5.41) is 51.2. The highest BCUT2D eigenvalue weighted by Crippen LogP contribution is 2.72. The second-order valence-corrected chi connectivity index (χ2v) is 17.2. The molecule has 5 aliphatic rings. The SMILES string of the molecule is C[C@H](CCCC(C)(C)O)[C@H]1CC[C@@]2(C)C3=C(CC[C@]12C)[C@@]1(C)CCC(O[C@@H]2OC(CO)[C@@H](O)C(O)C2O)C(C)(C)C1CC3. The van der Waals surface area contributed by atoms with E-state index < -0.39 is 42.9 Å². The summed E-state index contributed by atoms with van der Waals surface area (Å²) in [4.78, 5) is 0. The van der Waals surface area contributed by atoms with Gasteiger partial charge in [-0.05, 0) is 111 Å². The Balaban J connectivity index is 1.34. The third-order valence-corrected chi connectivity index (χ3v) is 14.0. The maximum absolute atomic E-state index is 10.7. The average molecular weight is 607 g/mol. The summed E-state index contributed by atoms with van der Waals surface area (Å²) in [5.41, 5.74) is 3.36. The topological polar surface area (TPSA) is 120 Å². The molecule has 1 aliphatic heterocycles. The predicted molar refractivity (Wildman–Crippen MR) is 167 cm³/mol. The van der Waals surface area contributed by atoms with Crippen molar-refractivity contribution in [3.05, 3.63) is 11.1 Å². The normalized spacial score (nSPS) is 47.1. The molecule has 3 fully saturated rings. The van der Waals surface area contributed by atoms with E-state index in [-0.39, 0.29) is 22.3 Å². The molecule has 0 amide bonds. The first kappa shape index (κ1) is 33.8. The first-order chi connectivity index (χ1) is 19.9. The summed E-state index contributed by atoms with van der Waals surface area (Å²) >= 11 is 0. The second-order valence-electron chi connectivity index (χ2n) is 17.2. The van der Waals surface area contributed by atoms with Gasteiger partial charge in [0.05, 0.1) is 18.3 Å². The molecule has 2 saturated carbocycles. The molecular formula is C36H62O7. The van der Waals surface area contributed by atoms with E-state index in [1.165, 1.54) is 32.1 Å². The maximum atomic E-state index is 10.7. The first-order valence-corrected chi connectivity index (χ1v) is 17.3. The van der Waals surface area contributed by atoms with Crippen LogP contribution in [0, 0.1) is 39.4 Å². The third-order valence-electron chi connectivity index (χ3n) is 14.0. The van der Waals surface area contributed by atoms with Gasteiger partial charge in [-0.25, -0.2) is 0 Å². The van der Waals surface area contributed by atoms with Crippen molar-refractivity contribution in [2.24, 2.45) is 39.4 Å². The lowest BCUT2D eigenvalue weighted by Crippen LogP contribution is -2.61. The number of aliphatic hydroxyl groups excluding tert-OH is 4. The zero-order valence-corrected chi connectivity index (χ0v) is 28.2. The van der Waals surface area contributed by atoms with Gasteiger partial charge in [0, 0.05) is 0 Å². The Morgan fingerprint density at radius 3 is 2.26 bits per heavy atom. The fraction of sp³-hybridized carbons (Fsp3) is 0.944. The molecular weight excluding hydrogens is 544 g/mol. The molecule has 5 rings (SSSR count). The number of fused-ring (bicyclic) bond motifs is 4. The lowest BCUT2D eigenvalue weighted by Gasteiger charge is -2.63. The molecule has 4 aliphatic carbocycles. The third kappa shape index (κ3) is 5.49. The van der Waals surface area contributed by atoms with E-state index in [1.54, 1.807) is 11.1 Å². The number of aliphatic hydroxyl groups is 5. The minimum atomic E-state index is -1.42. The van der Waals surface area contributed by atoms with Crippen molar-refractivity contribution in [1.82, 2.24) is 0 Å². The van der Waals surface area contributed by atoms with Crippen LogP contribution in [0.1, 0.15) is 126 Å². The van der Waals surface area contributed by atoms with Gasteiger partial charge < -0.3 is 35.0 Å². The van der Waals surface area contributed by atoms with Crippen LogP contribution in [-0.2, 0) is 9.47 Å². The number of hydrogen-bond acceptors (Lipinski definition) is 7. The Kier molecular flexibility index (Phi) is 9.13. The Labute approximate surface area is 260 Å². The largest absolute Gasteiger partial charge is 0.394 e. The predicted octanol–water partition coefficient (Wildman–Crippen LogP) is 5.50. The lowest BCUT2D eigenvalue weighted by atomic mass is 9.43. The van der Waals surface area contributed by atoms with Crippen molar-refractivity contribution >= 4 is 0 Å². The first-order valence-electron chi connectivity index (χ1n) is 17.3. The summed E-state index contributed by atoms with van der Waals surface area (Å²) in [5.74, 6) is 1.81. The zero-order chi connectivity index (χ0) is 31.8. The van der Waals surface area contributed by atoms with Gasteiger partial charge in [-0.1, -0.05) is 65.5 Å². The molecule has 0 aromatic rings. The van der Waals surface area contributed by atoms with E-state index in [0.29, 0.717) is 17.3 Å². The lowest BCUT2D eigenvalue weighted by molar-refractivity contribution is -0.325. The van der Waals surface area contributed by atoms with E-state index in [0.717, 1.165) is 44.4 Å². The zero-order valence-electron chi connectivity index (χ0n) is 28.2. The van der Waals surface area contributed by atoms with Crippen molar-refractivity contribution in [2.45, 2.75) is 168 Å². The Bertz CT molecular complexity index is 1050. The van der Waals surface area contributed by atoms with Gasteiger partial charge in [0.15, 0.2) is 6.29 Å². The van der Waals surface area contributed by atoms with Crippen LogP contribution in [0.4, 0.5) is 0 Å². The van der Waals surface area contributed by atoms with Crippen LogP contribution < -0.4 is 0 Å². The van der Waals surface area contributed by atoms with Gasteiger partial charge in [0.2, 0.25) is 0 Å². The van der Waals surface area contributed by atoms with E-state index >= 15 is 0 Å². The summed E-state index contributed by atoms with van der Waals surface area (Å²) in [7, 11) is 0. The van der Waals surface area contributed by atoms with Crippen molar-refractivity contribution < 1.29 is 35.0 Å². The van der Waals surface area contributed by atoms with Gasteiger partial charge in [-0.2, -0.15) is 0 Å². The van der Waals surface area contributed by atoms with Gasteiger partial charge in [-0.3, -0.25) is 0 Å². The smallest absolute Gasteiger partial charge is 0.186 e. The van der Waals surface area contributed by atoms with Gasteiger partial charge in [-0.15, -0.1) is 0 Å². The second kappa shape index (κ2) is 11.6. The summed E-state index contributed by atoms with van der Waals surface area (Å²) in [6.45, 7) is 18.2. The molecule has 12 atom stereocenters. The van der Waals surface area contributed by atoms with Crippen LogP contribution >= 0.6 is 0 Å². The van der Waals surface area contributed by atoms with E-state index in [4.69, 9.17) is 9.47 Å². The fourth-order valence-electron chi connectivity index (χ4n) is 11.3. The van der Waals surface area contributed by atoms with Gasteiger partial charge in [0.1, 0.15) is 24.4 Å². The molecule has 5 N–H and O–H groups in total. The molecule has 1 heterocycles. The van der Waals surface area contributed by atoms with Crippen LogP contribution in [0.25, 0.3) is 0 Å². The Morgan fingerprint density at radius 1 is 0.907 bits per heavy atom. The van der Waals surface area contributed by atoms with Crippen LogP contribution in [0.15, 0.2) is 11.1 Å². The quantitative estimate of drug-likeness (QED) is 0.232. The molecule has 248 valence electrons. The molecule has 1 saturated heterocycles. The number of allylic oxidation sites excluding steroid dienone is 2. The molecule has 0 aromatic heterocycles. The van der Waals surface area contributed by atoms with Crippen LogP contribution in [0.2, 0.25) is 0 Å². The van der Waals surface area contributed by atoms with E-state index in [2.05, 4.69) is 41.5 Å². The van der Waals surface area contributed by atoms with Crippen LogP contribution in [0.5, 0.6) is 0 Å². The Hall–Kier alpha value is -0.540. The molecule has 5 unspecified atom stereocenters. The summed E-state index contributed by atoms with van der Waals surface area (Å²) < 4.78 is 12.2. The molecule has 7 heteroatoms. The Morgan fingerprint density at radius 2 is 1.60 bits per heavy atom. The highest BCUT2D eigenvalue weighted by molar-refractivity contribution is 5.38. The standard InChI is InChI=1S/C36H62O7/c1-21(10-9-16-32(2,3)41)22-13-18-36(8)24-11-12-26-33(4,5)27(15-17-34(26,6)23(24)14-19-35(22,36)7)43-31-30(40)29(39)28(38)25(20-37)42-31/h21-22,25-31,37-41H,9-20H2,1-8H3/t21-,22-,25?,26?,27?,28-,29?,30?,31+,34-,35-,36+/m1/s1. The minimum Gasteiger partial charge on any atom is -0.394 e. The van der Waals surface area contributed by atoms with E-state index in [9.17, 15) is 25.5 Å². The van der Waals surface area contributed by atoms with Crippen molar-refractivity contribution in [3.63, 3.8) is 0 Å². The van der Waals surface area contributed by atoms with Crippen LogP contribution in [0.3, 0.4) is 0 Å². The number of hydrogen-bond donors (Lipinski definition) is 5. The van der Waals surface area contributed by atoms with Crippen molar-refractivity contribution in [3.8, 4) is 0 Å². The molecule has 0 spiro atoms. The molecule has 43 heavy (non-hydrogen) atoms. The molecule has 0 radical (unpaired) electrons.